The van der Waals surface area contributed by atoms with Gasteiger partial charge in [0, 0.05) is 6.07 Å². The third-order valence-corrected chi connectivity index (χ3v) is 3.58. The smallest absolute Gasteiger partial charge is 0.126 e. The van der Waals surface area contributed by atoms with Gasteiger partial charge in [-0.25, -0.2) is 4.39 Å². The molecule has 3 heteroatoms. The first-order valence-electron chi connectivity index (χ1n) is 6.36. The lowest BCUT2D eigenvalue weighted by molar-refractivity contribution is 0.184. The molecule has 0 bridgehead atoms. The molecule has 0 unspecified atom stereocenters. The van der Waals surface area contributed by atoms with E-state index < -0.39 is 0 Å². The molecule has 1 aromatic rings. The Morgan fingerprint density at radius 1 is 1.18 bits per heavy atom. The summed E-state index contributed by atoms with van der Waals surface area (Å²) in [4.78, 5) is 0. The van der Waals surface area contributed by atoms with Gasteiger partial charge in [-0.3, -0.25) is 0 Å². The van der Waals surface area contributed by atoms with Gasteiger partial charge in [0.05, 0.1) is 6.61 Å². The molecule has 2 rings (SSSR count). The number of halogens is 1. The second kappa shape index (κ2) is 6.01. The van der Waals surface area contributed by atoms with Crippen molar-refractivity contribution < 1.29 is 9.13 Å². The number of ether oxygens (including phenoxy) is 1. The van der Waals surface area contributed by atoms with Crippen molar-refractivity contribution in [1.29, 1.82) is 0 Å². The van der Waals surface area contributed by atoms with Crippen LogP contribution in [0.25, 0.3) is 0 Å². The molecule has 1 saturated carbocycles. The van der Waals surface area contributed by atoms with E-state index in [1.165, 1.54) is 37.8 Å². The average molecular weight is 237 g/mol. The monoisotopic (exact) mass is 237 g/mol. The predicted octanol–water partition coefficient (Wildman–Crippen LogP) is 2.97. The highest BCUT2D eigenvalue weighted by Crippen LogP contribution is 2.28. The van der Waals surface area contributed by atoms with E-state index in [1.54, 1.807) is 12.1 Å². The molecular formula is C14H20FNO. The Labute approximate surface area is 102 Å². The molecule has 94 valence electrons. The molecule has 0 aliphatic heterocycles. The van der Waals surface area contributed by atoms with E-state index in [0.29, 0.717) is 24.2 Å². The van der Waals surface area contributed by atoms with Gasteiger partial charge in [-0.05, 0) is 56.2 Å². The zero-order valence-corrected chi connectivity index (χ0v) is 10.1. The zero-order chi connectivity index (χ0) is 12.1. The summed E-state index contributed by atoms with van der Waals surface area (Å²) in [5, 5.41) is 0. The Hall–Kier alpha value is -1.09. The minimum Gasteiger partial charge on any atom is -0.493 e. The fraction of sp³-hybridized carbons (Fsp3) is 0.571. The van der Waals surface area contributed by atoms with Crippen molar-refractivity contribution in [1.82, 2.24) is 0 Å². The average Bonchev–Trinajstić information content (AvgIpc) is 2.37. The first-order valence-corrected chi connectivity index (χ1v) is 6.36. The molecule has 0 heterocycles. The van der Waals surface area contributed by atoms with Crippen molar-refractivity contribution in [2.75, 3.05) is 13.2 Å². The number of nitrogens with two attached hydrogens (primary N) is 1. The van der Waals surface area contributed by atoms with E-state index in [-0.39, 0.29) is 5.82 Å². The van der Waals surface area contributed by atoms with E-state index in [9.17, 15) is 4.39 Å². The van der Waals surface area contributed by atoms with Gasteiger partial charge in [0.2, 0.25) is 0 Å². The van der Waals surface area contributed by atoms with Crippen LogP contribution in [0.15, 0.2) is 24.3 Å². The van der Waals surface area contributed by atoms with Gasteiger partial charge in [-0.2, -0.15) is 0 Å². The highest BCUT2D eigenvalue weighted by atomic mass is 19.1. The normalized spacial score (nSPS) is 24.6. The molecular weight excluding hydrogens is 217 g/mol. The van der Waals surface area contributed by atoms with E-state index in [0.717, 1.165) is 6.54 Å². The summed E-state index contributed by atoms with van der Waals surface area (Å²) >= 11 is 0. The Kier molecular flexibility index (Phi) is 4.37. The van der Waals surface area contributed by atoms with Crippen LogP contribution in [-0.4, -0.2) is 13.2 Å². The molecule has 0 saturated heterocycles. The van der Waals surface area contributed by atoms with Crippen molar-refractivity contribution in [2.24, 2.45) is 17.6 Å². The van der Waals surface area contributed by atoms with Crippen molar-refractivity contribution in [2.45, 2.75) is 25.7 Å². The molecule has 17 heavy (non-hydrogen) atoms. The highest BCUT2D eigenvalue weighted by molar-refractivity contribution is 5.22. The molecule has 0 radical (unpaired) electrons. The molecule has 1 aliphatic carbocycles. The van der Waals surface area contributed by atoms with Crippen LogP contribution in [0, 0.1) is 17.7 Å². The fourth-order valence-corrected chi connectivity index (χ4v) is 2.40. The molecule has 1 aliphatic rings. The maximum Gasteiger partial charge on any atom is 0.126 e. The number of hydrogen-bond donors (Lipinski definition) is 1. The van der Waals surface area contributed by atoms with E-state index >= 15 is 0 Å². The van der Waals surface area contributed by atoms with E-state index in [1.807, 2.05) is 0 Å². The fourth-order valence-electron chi connectivity index (χ4n) is 2.40. The van der Waals surface area contributed by atoms with E-state index in [4.69, 9.17) is 10.5 Å². The SMILES string of the molecule is NCC1CCC(COc2cccc(F)c2)CC1. The van der Waals surface area contributed by atoms with Crippen molar-refractivity contribution in [3.63, 3.8) is 0 Å². The van der Waals surface area contributed by atoms with Crippen molar-refractivity contribution >= 4 is 0 Å². The van der Waals surface area contributed by atoms with Gasteiger partial charge in [0.25, 0.3) is 0 Å². The van der Waals surface area contributed by atoms with Gasteiger partial charge in [0.15, 0.2) is 0 Å². The van der Waals surface area contributed by atoms with Gasteiger partial charge >= 0.3 is 0 Å². The standard InChI is InChI=1S/C14H20FNO/c15-13-2-1-3-14(8-13)17-10-12-6-4-11(9-16)5-7-12/h1-3,8,11-12H,4-7,9-10,16H2. The maximum atomic E-state index is 12.9. The summed E-state index contributed by atoms with van der Waals surface area (Å²) in [5.41, 5.74) is 5.66. The zero-order valence-electron chi connectivity index (χ0n) is 10.1. The summed E-state index contributed by atoms with van der Waals surface area (Å²) in [6.07, 6.45) is 4.76. The van der Waals surface area contributed by atoms with Crippen molar-refractivity contribution in [3.8, 4) is 5.75 Å². The Morgan fingerprint density at radius 3 is 2.53 bits per heavy atom. The second-order valence-electron chi connectivity index (χ2n) is 4.89. The molecule has 0 spiro atoms. The topological polar surface area (TPSA) is 35.2 Å². The van der Waals surface area contributed by atoms with Crippen LogP contribution in [0.2, 0.25) is 0 Å². The van der Waals surface area contributed by atoms with Crippen LogP contribution < -0.4 is 10.5 Å². The molecule has 1 aromatic carbocycles. The minimum absolute atomic E-state index is 0.241. The Morgan fingerprint density at radius 2 is 1.88 bits per heavy atom. The lowest BCUT2D eigenvalue weighted by Gasteiger charge is -2.27. The Balaban J connectivity index is 1.76. The van der Waals surface area contributed by atoms with Crippen LogP contribution in [0.1, 0.15) is 25.7 Å². The van der Waals surface area contributed by atoms with Gasteiger partial charge in [-0.1, -0.05) is 6.07 Å². The highest BCUT2D eigenvalue weighted by Gasteiger charge is 2.20. The Bertz CT molecular complexity index is 348. The summed E-state index contributed by atoms with van der Waals surface area (Å²) in [6, 6.07) is 6.34. The van der Waals surface area contributed by atoms with E-state index in [2.05, 4.69) is 0 Å². The molecule has 2 nitrogen and oxygen atoms in total. The third-order valence-electron chi connectivity index (χ3n) is 3.58. The van der Waals surface area contributed by atoms with Crippen LogP contribution in [-0.2, 0) is 0 Å². The lowest BCUT2D eigenvalue weighted by atomic mass is 9.82. The summed E-state index contributed by atoms with van der Waals surface area (Å²) in [7, 11) is 0. The minimum atomic E-state index is -0.241. The summed E-state index contributed by atoms with van der Waals surface area (Å²) < 4.78 is 18.6. The van der Waals surface area contributed by atoms with Crippen LogP contribution >= 0.6 is 0 Å². The summed E-state index contributed by atoms with van der Waals surface area (Å²) in [5.74, 6) is 1.68. The molecule has 1 fully saturated rings. The molecule has 0 amide bonds. The second-order valence-corrected chi connectivity index (χ2v) is 4.89. The van der Waals surface area contributed by atoms with Gasteiger partial charge in [0.1, 0.15) is 11.6 Å². The third kappa shape index (κ3) is 3.70. The van der Waals surface area contributed by atoms with Crippen molar-refractivity contribution in [3.05, 3.63) is 30.1 Å². The van der Waals surface area contributed by atoms with Gasteiger partial charge in [-0.15, -0.1) is 0 Å². The largest absolute Gasteiger partial charge is 0.493 e. The number of hydrogen-bond acceptors (Lipinski definition) is 2. The molecule has 0 atom stereocenters. The summed E-state index contributed by atoms with van der Waals surface area (Å²) in [6.45, 7) is 1.50. The van der Waals surface area contributed by atoms with Crippen LogP contribution in [0.4, 0.5) is 4.39 Å². The molecule has 2 N–H and O–H groups in total. The van der Waals surface area contributed by atoms with Crippen LogP contribution in [0.5, 0.6) is 5.75 Å². The van der Waals surface area contributed by atoms with Crippen LogP contribution in [0.3, 0.4) is 0 Å². The first-order chi connectivity index (χ1) is 8.28. The maximum absolute atomic E-state index is 12.9. The number of benzene rings is 1. The molecule has 0 aromatic heterocycles. The predicted molar refractivity (Wildman–Crippen MR) is 66.4 cm³/mol. The number of rotatable bonds is 4. The lowest BCUT2D eigenvalue weighted by Crippen LogP contribution is -2.24. The first kappa shape index (κ1) is 12.4. The quantitative estimate of drug-likeness (QED) is 0.873. The van der Waals surface area contributed by atoms with Gasteiger partial charge < -0.3 is 10.5 Å².